The summed E-state index contributed by atoms with van der Waals surface area (Å²) in [6, 6.07) is 6.08. The van der Waals surface area contributed by atoms with Crippen molar-refractivity contribution in [1.29, 1.82) is 0 Å². The summed E-state index contributed by atoms with van der Waals surface area (Å²) in [5, 5.41) is 18.3. The number of hydrogen-bond donors (Lipinski definition) is 1. The number of hydrogen-bond acceptors (Lipinski definition) is 5. The normalized spacial score (nSPS) is 15.3. The molecule has 1 saturated heterocycles. The number of carbonyl (C=O) groups excluding carboxylic acids is 1. The summed E-state index contributed by atoms with van der Waals surface area (Å²) >= 11 is 5.23. The lowest BCUT2D eigenvalue weighted by Gasteiger charge is -2.31. The average Bonchev–Trinajstić information content (AvgIpc) is 3.01. The molecular formula is C16H19N5O3S. The Morgan fingerprint density at radius 1 is 1.40 bits per heavy atom. The summed E-state index contributed by atoms with van der Waals surface area (Å²) in [5.41, 5.74) is -0.0105. The maximum Gasteiger partial charge on any atom is 0.282 e. The number of nitrogens with one attached hydrogen (secondary N) is 1. The number of benzene rings is 1. The molecule has 1 aliphatic rings. The fraction of sp³-hybridized carbons (Fsp3) is 0.438. The fourth-order valence-corrected chi connectivity index (χ4v) is 3.54. The molecule has 8 nitrogen and oxygen atoms in total. The summed E-state index contributed by atoms with van der Waals surface area (Å²) in [4.78, 5) is 25.0. The first-order valence-electron chi connectivity index (χ1n) is 8.20. The minimum atomic E-state index is -0.515. The van der Waals surface area contributed by atoms with Crippen molar-refractivity contribution in [1.82, 2.24) is 19.7 Å². The number of nitro benzene ring substituents is 1. The summed E-state index contributed by atoms with van der Waals surface area (Å²) in [7, 11) is 0. The molecule has 0 aliphatic carbocycles. The van der Waals surface area contributed by atoms with Crippen molar-refractivity contribution < 1.29 is 9.72 Å². The molecule has 0 spiro atoms. The van der Waals surface area contributed by atoms with Crippen LogP contribution in [0.3, 0.4) is 0 Å². The zero-order valence-corrected chi connectivity index (χ0v) is 14.7. The SMILES string of the molecule is CCn1c(C2CCN(C(=O)c3ccccc3[N+](=O)[O-])CC2)n[nH]c1=S. The van der Waals surface area contributed by atoms with Crippen molar-refractivity contribution in [3.63, 3.8) is 0 Å². The van der Waals surface area contributed by atoms with Crippen molar-refractivity contribution in [2.24, 2.45) is 0 Å². The zero-order chi connectivity index (χ0) is 18.0. The van der Waals surface area contributed by atoms with Gasteiger partial charge in [-0.3, -0.25) is 20.0 Å². The molecule has 0 atom stereocenters. The molecule has 2 heterocycles. The van der Waals surface area contributed by atoms with Crippen molar-refractivity contribution in [3.05, 3.63) is 50.5 Å². The zero-order valence-electron chi connectivity index (χ0n) is 13.8. The first kappa shape index (κ1) is 17.3. The third kappa shape index (κ3) is 3.32. The number of aromatic nitrogens is 3. The van der Waals surface area contributed by atoms with Crippen LogP contribution in [-0.2, 0) is 6.54 Å². The summed E-state index contributed by atoms with van der Waals surface area (Å²) < 4.78 is 2.58. The summed E-state index contributed by atoms with van der Waals surface area (Å²) in [6.45, 7) is 3.85. The topological polar surface area (TPSA) is 97.1 Å². The predicted octanol–water partition coefficient (Wildman–Crippen LogP) is 2.89. The second kappa shape index (κ2) is 7.14. The van der Waals surface area contributed by atoms with E-state index in [0.717, 1.165) is 25.2 Å². The largest absolute Gasteiger partial charge is 0.338 e. The Kier molecular flexibility index (Phi) is 4.93. The molecule has 1 amide bonds. The molecule has 0 unspecified atom stereocenters. The number of rotatable bonds is 4. The van der Waals surface area contributed by atoms with Crippen LogP contribution in [0.4, 0.5) is 5.69 Å². The molecule has 0 radical (unpaired) electrons. The monoisotopic (exact) mass is 361 g/mol. The van der Waals surface area contributed by atoms with Gasteiger partial charge in [0.2, 0.25) is 0 Å². The van der Waals surface area contributed by atoms with E-state index in [9.17, 15) is 14.9 Å². The van der Waals surface area contributed by atoms with Crippen LogP contribution in [-0.4, -0.2) is 43.6 Å². The number of carbonyl (C=O) groups is 1. The molecule has 0 saturated carbocycles. The summed E-state index contributed by atoms with van der Waals surface area (Å²) in [6.07, 6.45) is 1.51. The Bertz CT molecular complexity index is 851. The lowest BCUT2D eigenvalue weighted by Crippen LogP contribution is -2.38. The summed E-state index contributed by atoms with van der Waals surface area (Å²) in [5.74, 6) is 0.855. The van der Waals surface area contributed by atoms with Gasteiger partial charge in [-0.15, -0.1) is 0 Å². The van der Waals surface area contributed by atoms with Gasteiger partial charge < -0.3 is 9.47 Å². The second-order valence-electron chi connectivity index (χ2n) is 5.97. The Morgan fingerprint density at radius 2 is 2.08 bits per heavy atom. The molecule has 2 aromatic rings. The third-order valence-corrected chi connectivity index (χ3v) is 4.89. The van der Waals surface area contributed by atoms with Crippen LogP contribution in [0.5, 0.6) is 0 Å². The van der Waals surface area contributed by atoms with Crippen LogP contribution in [0.2, 0.25) is 0 Å². The van der Waals surface area contributed by atoms with Crippen LogP contribution in [0, 0.1) is 14.9 Å². The first-order valence-corrected chi connectivity index (χ1v) is 8.61. The van der Waals surface area contributed by atoms with Gasteiger partial charge in [0.15, 0.2) is 4.77 Å². The number of H-pyrrole nitrogens is 1. The van der Waals surface area contributed by atoms with Gasteiger partial charge >= 0.3 is 0 Å². The molecule has 0 bridgehead atoms. The van der Waals surface area contributed by atoms with Gasteiger partial charge in [-0.2, -0.15) is 5.10 Å². The van der Waals surface area contributed by atoms with Crippen LogP contribution in [0.25, 0.3) is 0 Å². The van der Waals surface area contributed by atoms with E-state index in [-0.39, 0.29) is 23.1 Å². The minimum absolute atomic E-state index is 0.141. The van der Waals surface area contributed by atoms with Gasteiger partial charge in [-0.25, -0.2) is 0 Å². The van der Waals surface area contributed by atoms with E-state index in [1.807, 2.05) is 11.5 Å². The highest BCUT2D eigenvalue weighted by atomic mass is 32.1. The van der Waals surface area contributed by atoms with Gasteiger partial charge in [-0.1, -0.05) is 12.1 Å². The molecule has 1 aromatic heterocycles. The Labute approximate surface area is 149 Å². The van der Waals surface area contributed by atoms with E-state index in [1.165, 1.54) is 12.1 Å². The molecule has 1 fully saturated rings. The van der Waals surface area contributed by atoms with Gasteiger partial charge in [0.25, 0.3) is 11.6 Å². The van der Waals surface area contributed by atoms with Crippen molar-refractivity contribution >= 4 is 23.8 Å². The van der Waals surface area contributed by atoms with Crippen LogP contribution in [0.15, 0.2) is 24.3 Å². The van der Waals surface area contributed by atoms with E-state index in [2.05, 4.69) is 10.2 Å². The van der Waals surface area contributed by atoms with Crippen molar-refractivity contribution in [2.75, 3.05) is 13.1 Å². The molecule has 132 valence electrons. The number of aromatic amines is 1. The lowest BCUT2D eigenvalue weighted by molar-refractivity contribution is -0.385. The Morgan fingerprint density at radius 3 is 2.72 bits per heavy atom. The standard InChI is InChI=1S/C16H19N5O3S/c1-2-20-14(17-18-16(20)25)11-7-9-19(10-8-11)15(22)12-5-3-4-6-13(12)21(23)24/h3-6,11H,2,7-10H2,1H3,(H,18,25). The van der Waals surface area contributed by atoms with Crippen LogP contribution >= 0.6 is 12.2 Å². The van der Waals surface area contributed by atoms with E-state index in [0.29, 0.717) is 17.9 Å². The predicted molar refractivity (Wildman–Crippen MR) is 94.1 cm³/mol. The number of para-hydroxylation sites is 1. The number of likely N-dealkylation sites (tertiary alicyclic amines) is 1. The number of nitrogens with zero attached hydrogens (tertiary/aromatic N) is 4. The van der Waals surface area contributed by atoms with Crippen LogP contribution < -0.4 is 0 Å². The molecular weight excluding hydrogens is 342 g/mol. The quantitative estimate of drug-likeness (QED) is 0.513. The maximum absolute atomic E-state index is 12.7. The smallest absolute Gasteiger partial charge is 0.282 e. The highest BCUT2D eigenvalue weighted by molar-refractivity contribution is 7.71. The fourth-order valence-electron chi connectivity index (χ4n) is 3.27. The lowest BCUT2D eigenvalue weighted by atomic mass is 9.95. The van der Waals surface area contributed by atoms with Crippen molar-refractivity contribution in [2.45, 2.75) is 32.2 Å². The van der Waals surface area contributed by atoms with E-state index >= 15 is 0 Å². The van der Waals surface area contributed by atoms with E-state index in [4.69, 9.17) is 12.2 Å². The Hall–Kier alpha value is -2.55. The number of nitro groups is 1. The van der Waals surface area contributed by atoms with Gasteiger partial charge in [0.1, 0.15) is 11.4 Å². The van der Waals surface area contributed by atoms with Gasteiger partial charge in [0.05, 0.1) is 4.92 Å². The first-order chi connectivity index (χ1) is 12.0. The average molecular weight is 361 g/mol. The van der Waals surface area contributed by atoms with E-state index in [1.54, 1.807) is 17.0 Å². The Balaban J connectivity index is 1.73. The molecule has 3 rings (SSSR count). The highest BCUT2D eigenvalue weighted by Gasteiger charge is 2.30. The van der Waals surface area contributed by atoms with Gasteiger partial charge in [0, 0.05) is 31.6 Å². The van der Waals surface area contributed by atoms with E-state index < -0.39 is 4.92 Å². The highest BCUT2D eigenvalue weighted by Crippen LogP contribution is 2.29. The molecule has 1 aromatic carbocycles. The number of piperidine rings is 1. The van der Waals surface area contributed by atoms with Gasteiger partial charge in [-0.05, 0) is 38.0 Å². The maximum atomic E-state index is 12.7. The molecule has 1 aliphatic heterocycles. The van der Waals surface area contributed by atoms with Crippen LogP contribution in [0.1, 0.15) is 41.9 Å². The minimum Gasteiger partial charge on any atom is -0.338 e. The molecule has 9 heteroatoms. The molecule has 25 heavy (non-hydrogen) atoms. The van der Waals surface area contributed by atoms with Crippen molar-refractivity contribution in [3.8, 4) is 0 Å². The second-order valence-corrected chi connectivity index (χ2v) is 6.36. The molecule has 1 N–H and O–H groups in total. The third-order valence-electron chi connectivity index (χ3n) is 4.58. The number of amides is 1.